The van der Waals surface area contributed by atoms with Crippen molar-refractivity contribution >= 4 is 22.4 Å². The van der Waals surface area contributed by atoms with Gasteiger partial charge in [-0.15, -0.1) is 0 Å². The van der Waals surface area contributed by atoms with Gasteiger partial charge in [-0.3, -0.25) is 0 Å². The van der Waals surface area contributed by atoms with E-state index >= 15 is 0 Å². The summed E-state index contributed by atoms with van der Waals surface area (Å²) in [5.41, 5.74) is 1.33. The van der Waals surface area contributed by atoms with E-state index in [1.807, 2.05) is 24.3 Å². The Morgan fingerprint density at radius 1 is 0.958 bits per heavy atom. The molecule has 0 saturated carbocycles. The van der Waals surface area contributed by atoms with E-state index in [1.165, 1.54) is 16.3 Å². The second-order valence-electron chi connectivity index (χ2n) is 5.88. The van der Waals surface area contributed by atoms with Crippen LogP contribution in [0.5, 0.6) is 5.75 Å². The molecule has 3 aromatic rings. The van der Waals surface area contributed by atoms with E-state index in [-0.39, 0.29) is 0 Å². The summed E-state index contributed by atoms with van der Waals surface area (Å²) in [5.74, 6) is 0.751. The molecule has 3 aromatic carbocycles. The SMILES string of the molecule is C[C@@H](NCCCOc1ccccc1Cl)c1cccc2ccccc12. The summed E-state index contributed by atoms with van der Waals surface area (Å²) in [6.07, 6.45) is 0.931. The first-order valence-electron chi connectivity index (χ1n) is 8.34. The number of nitrogens with one attached hydrogen (secondary N) is 1. The lowest BCUT2D eigenvalue weighted by atomic mass is 10.00. The van der Waals surface area contributed by atoms with Crippen molar-refractivity contribution in [1.82, 2.24) is 5.32 Å². The van der Waals surface area contributed by atoms with Gasteiger partial charge in [-0.25, -0.2) is 0 Å². The first kappa shape index (κ1) is 16.8. The maximum absolute atomic E-state index is 6.08. The molecule has 0 unspecified atom stereocenters. The van der Waals surface area contributed by atoms with Gasteiger partial charge in [-0.2, -0.15) is 0 Å². The predicted molar refractivity (Wildman–Crippen MR) is 102 cm³/mol. The fourth-order valence-electron chi connectivity index (χ4n) is 2.87. The average molecular weight is 340 g/mol. The molecule has 0 amide bonds. The number of rotatable bonds is 7. The van der Waals surface area contributed by atoms with Crippen LogP contribution in [0.3, 0.4) is 0 Å². The molecule has 2 nitrogen and oxygen atoms in total. The Hall–Kier alpha value is -2.03. The molecule has 0 aliphatic rings. The van der Waals surface area contributed by atoms with Gasteiger partial charge in [0.2, 0.25) is 0 Å². The van der Waals surface area contributed by atoms with Gasteiger partial charge in [0.05, 0.1) is 11.6 Å². The maximum Gasteiger partial charge on any atom is 0.137 e. The van der Waals surface area contributed by atoms with E-state index in [1.54, 1.807) is 0 Å². The zero-order chi connectivity index (χ0) is 16.8. The molecule has 0 aliphatic carbocycles. The van der Waals surface area contributed by atoms with Gasteiger partial charge in [-0.1, -0.05) is 66.2 Å². The molecule has 0 radical (unpaired) electrons. The van der Waals surface area contributed by atoms with Crippen LogP contribution in [0.1, 0.15) is 24.9 Å². The second-order valence-corrected chi connectivity index (χ2v) is 6.28. The van der Waals surface area contributed by atoms with Crippen molar-refractivity contribution in [2.45, 2.75) is 19.4 Å². The average Bonchev–Trinajstić information content (AvgIpc) is 2.62. The number of fused-ring (bicyclic) bond motifs is 1. The molecule has 24 heavy (non-hydrogen) atoms. The Morgan fingerprint density at radius 2 is 1.71 bits per heavy atom. The lowest BCUT2D eigenvalue weighted by molar-refractivity contribution is 0.306. The van der Waals surface area contributed by atoms with Crippen LogP contribution in [-0.2, 0) is 0 Å². The first-order valence-corrected chi connectivity index (χ1v) is 8.72. The number of hydrogen-bond acceptors (Lipinski definition) is 2. The Balaban J connectivity index is 1.50. The third-order valence-electron chi connectivity index (χ3n) is 4.16. The zero-order valence-corrected chi connectivity index (χ0v) is 14.6. The summed E-state index contributed by atoms with van der Waals surface area (Å²) in [7, 11) is 0. The van der Waals surface area contributed by atoms with Crippen LogP contribution >= 0.6 is 11.6 Å². The number of para-hydroxylation sites is 1. The molecule has 3 rings (SSSR count). The van der Waals surface area contributed by atoms with Gasteiger partial charge in [-0.05, 0) is 48.4 Å². The van der Waals surface area contributed by atoms with E-state index in [4.69, 9.17) is 16.3 Å². The second kappa shape index (κ2) is 8.18. The van der Waals surface area contributed by atoms with Gasteiger partial charge < -0.3 is 10.1 Å². The van der Waals surface area contributed by atoms with E-state index < -0.39 is 0 Å². The summed E-state index contributed by atoms with van der Waals surface area (Å²) in [5, 5.41) is 6.84. The van der Waals surface area contributed by atoms with Crippen LogP contribution in [0.4, 0.5) is 0 Å². The Kier molecular flexibility index (Phi) is 5.73. The molecule has 0 spiro atoms. The minimum Gasteiger partial charge on any atom is -0.492 e. The van der Waals surface area contributed by atoms with Crippen molar-refractivity contribution in [3.8, 4) is 5.75 Å². The summed E-state index contributed by atoms with van der Waals surface area (Å²) in [6, 6.07) is 22.9. The Bertz CT molecular complexity index is 797. The van der Waals surface area contributed by atoms with Crippen LogP contribution in [0, 0.1) is 0 Å². The molecule has 124 valence electrons. The van der Waals surface area contributed by atoms with Crippen LogP contribution in [0.2, 0.25) is 5.02 Å². The summed E-state index contributed by atoms with van der Waals surface area (Å²) >= 11 is 6.08. The first-order chi connectivity index (χ1) is 11.8. The van der Waals surface area contributed by atoms with E-state index in [9.17, 15) is 0 Å². The fourth-order valence-corrected chi connectivity index (χ4v) is 3.06. The van der Waals surface area contributed by atoms with Gasteiger partial charge in [0.1, 0.15) is 5.75 Å². The molecule has 1 N–H and O–H groups in total. The highest BCUT2D eigenvalue weighted by Crippen LogP contribution is 2.24. The number of hydrogen-bond donors (Lipinski definition) is 1. The molecule has 0 aromatic heterocycles. The third kappa shape index (κ3) is 4.08. The summed E-state index contributed by atoms with van der Waals surface area (Å²) in [4.78, 5) is 0. The lowest BCUT2D eigenvalue weighted by Crippen LogP contribution is -2.21. The third-order valence-corrected chi connectivity index (χ3v) is 4.47. The molecule has 0 aliphatic heterocycles. The zero-order valence-electron chi connectivity index (χ0n) is 13.8. The normalized spacial score (nSPS) is 12.2. The highest BCUT2D eigenvalue weighted by atomic mass is 35.5. The van der Waals surface area contributed by atoms with Crippen LogP contribution in [0.25, 0.3) is 10.8 Å². The van der Waals surface area contributed by atoms with Gasteiger partial charge in [0, 0.05) is 6.04 Å². The topological polar surface area (TPSA) is 21.3 Å². The maximum atomic E-state index is 6.08. The predicted octanol–water partition coefficient (Wildman–Crippen LogP) is 5.61. The lowest BCUT2D eigenvalue weighted by Gasteiger charge is -2.17. The minimum absolute atomic E-state index is 0.302. The highest BCUT2D eigenvalue weighted by molar-refractivity contribution is 6.32. The van der Waals surface area contributed by atoms with Crippen molar-refractivity contribution in [3.05, 3.63) is 77.3 Å². The Morgan fingerprint density at radius 3 is 2.58 bits per heavy atom. The monoisotopic (exact) mass is 339 g/mol. The summed E-state index contributed by atoms with van der Waals surface area (Å²) in [6.45, 7) is 3.75. The van der Waals surface area contributed by atoms with Crippen molar-refractivity contribution in [3.63, 3.8) is 0 Å². The molecular weight excluding hydrogens is 318 g/mol. The number of benzene rings is 3. The molecule has 0 fully saturated rings. The fraction of sp³-hybridized carbons (Fsp3) is 0.238. The molecule has 3 heteroatoms. The van der Waals surface area contributed by atoms with Crippen LogP contribution in [-0.4, -0.2) is 13.2 Å². The molecule has 1 atom stereocenters. The molecule has 0 bridgehead atoms. The molecule has 0 saturated heterocycles. The van der Waals surface area contributed by atoms with Crippen molar-refractivity contribution < 1.29 is 4.74 Å². The van der Waals surface area contributed by atoms with Crippen LogP contribution in [0.15, 0.2) is 66.7 Å². The van der Waals surface area contributed by atoms with Gasteiger partial charge in [0.15, 0.2) is 0 Å². The number of ether oxygens (including phenoxy) is 1. The smallest absolute Gasteiger partial charge is 0.137 e. The Labute approximate surface area is 148 Å². The largest absolute Gasteiger partial charge is 0.492 e. The van der Waals surface area contributed by atoms with E-state index in [2.05, 4.69) is 54.7 Å². The van der Waals surface area contributed by atoms with Crippen LogP contribution < -0.4 is 10.1 Å². The standard InChI is InChI=1S/C21H22ClNO/c1-16(18-11-6-9-17-8-2-3-10-19(17)18)23-14-7-15-24-21-13-5-4-12-20(21)22/h2-6,8-13,16,23H,7,14-15H2,1H3/t16-/m1/s1. The minimum atomic E-state index is 0.302. The van der Waals surface area contributed by atoms with Crippen molar-refractivity contribution in [2.24, 2.45) is 0 Å². The van der Waals surface area contributed by atoms with E-state index in [0.717, 1.165) is 18.7 Å². The van der Waals surface area contributed by atoms with Gasteiger partial charge >= 0.3 is 0 Å². The van der Waals surface area contributed by atoms with Gasteiger partial charge in [0.25, 0.3) is 0 Å². The summed E-state index contributed by atoms with van der Waals surface area (Å²) < 4.78 is 5.72. The highest BCUT2D eigenvalue weighted by Gasteiger charge is 2.08. The van der Waals surface area contributed by atoms with Crippen molar-refractivity contribution in [2.75, 3.05) is 13.2 Å². The number of halogens is 1. The quantitative estimate of drug-likeness (QED) is 0.565. The molecule has 0 heterocycles. The van der Waals surface area contributed by atoms with Crippen molar-refractivity contribution in [1.29, 1.82) is 0 Å². The van der Waals surface area contributed by atoms with E-state index in [0.29, 0.717) is 17.7 Å². The molecular formula is C21H22ClNO.